The molecular weight excluding hydrogens is 382 g/mol. The summed E-state index contributed by atoms with van der Waals surface area (Å²) >= 11 is 0. The van der Waals surface area contributed by atoms with Gasteiger partial charge in [0.2, 0.25) is 0 Å². The summed E-state index contributed by atoms with van der Waals surface area (Å²) in [4.78, 5) is 49.3. The van der Waals surface area contributed by atoms with Crippen molar-refractivity contribution in [2.45, 2.75) is 32.2 Å². The van der Waals surface area contributed by atoms with E-state index in [1.807, 2.05) is 0 Å². The molecular formula is C19H25N3O7. The normalized spacial score (nSPS) is 15.0. The van der Waals surface area contributed by atoms with Crippen LogP contribution in [0.5, 0.6) is 11.5 Å². The van der Waals surface area contributed by atoms with E-state index in [-0.39, 0.29) is 0 Å². The van der Waals surface area contributed by atoms with Gasteiger partial charge in [-0.2, -0.15) is 0 Å². The lowest BCUT2D eigenvalue weighted by Gasteiger charge is -2.22. The highest BCUT2D eigenvalue weighted by Crippen LogP contribution is 2.29. The van der Waals surface area contributed by atoms with Crippen molar-refractivity contribution in [3.63, 3.8) is 0 Å². The van der Waals surface area contributed by atoms with Crippen molar-refractivity contribution in [3.8, 4) is 11.5 Å². The number of methoxy groups -OCH3 is 2. The minimum Gasteiger partial charge on any atom is -0.493 e. The number of imide groups is 1. The SMILES string of the molecule is CCC1(CC)NC(=O)N(CC(=O)OCC(=O)Nc2ccc(OC)c(OC)c2)C1=O. The number of hydrogen-bond acceptors (Lipinski definition) is 7. The number of carbonyl (C=O) groups is 4. The molecule has 0 saturated carbocycles. The van der Waals surface area contributed by atoms with Gasteiger partial charge in [0.1, 0.15) is 12.1 Å². The fourth-order valence-electron chi connectivity index (χ4n) is 2.98. The van der Waals surface area contributed by atoms with Crippen LogP contribution in [0.4, 0.5) is 10.5 Å². The van der Waals surface area contributed by atoms with Gasteiger partial charge in [0.25, 0.3) is 11.8 Å². The molecule has 2 rings (SSSR count). The Labute approximate surface area is 168 Å². The number of amides is 4. The third-order valence-corrected chi connectivity index (χ3v) is 4.77. The zero-order valence-electron chi connectivity index (χ0n) is 16.9. The molecule has 0 atom stereocenters. The van der Waals surface area contributed by atoms with Gasteiger partial charge >= 0.3 is 12.0 Å². The average molecular weight is 407 g/mol. The molecule has 1 aromatic carbocycles. The number of urea groups is 1. The van der Waals surface area contributed by atoms with Gasteiger partial charge in [-0.25, -0.2) is 4.79 Å². The zero-order valence-corrected chi connectivity index (χ0v) is 16.9. The van der Waals surface area contributed by atoms with E-state index < -0.39 is 42.5 Å². The number of nitrogens with zero attached hydrogens (tertiary/aromatic N) is 1. The van der Waals surface area contributed by atoms with Crippen LogP contribution in [0.3, 0.4) is 0 Å². The largest absolute Gasteiger partial charge is 0.493 e. The third kappa shape index (κ3) is 4.76. The summed E-state index contributed by atoms with van der Waals surface area (Å²) in [5.74, 6) is -0.991. The van der Waals surface area contributed by atoms with Crippen molar-refractivity contribution in [1.82, 2.24) is 10.2 Å². The smallest absolute Gasteiger partial charge is 0.326 e. The second-order valence-corrected chi connectivity index (χ2v) is 6.39. The van der Waals surface area contributed by atoms with Crippen LogP contribution in [0.2, 0.25) is 0 Å². The van der Waals surface area contributed by atoms with Crippen LogP contribution in [0.1, 0.15) is 26.7 Å². The van der Waals surface area contributed by atoms with Gasteiger partial charge in [-0.1, -0.05) is 13.8 Å². The number of anilines is 1. The van der Waals surface area contributed by atoms with Crippen molar-refractivity contribution < 1.29 is 33.4 Å². The molecule has 0 unspecified atom stereocenters. The first kappa shape index (κ1) is 22.0. The molecule has 1 fully saturated rings. The fraction of sp³-hybridized carbons (Fsp3) is 0.474. The number of ether oxygens (including phenoxy) is 3. The molecule has 158 valence electrons. The predicted molar refractivity (Wildman–Crippen MR) is 103 cm³/mol. The van der Waals surface area contributed by atoms with Crippen LogP contribution in [-0.4, -0.2) is 61.6 Å². The predicted octanol–water partition coefficient (Wildman–Crippen LogP) is 1.30. The highest BCUT2D eigenvalue weighted by molar-refractivity contribution is 6.08. The van der Waals surface area contributed by atoms with Gasteiger partial charge < -0.3 is 24.8 Å². The molecule has 1 aliphatic rings. The Kier molecular flexibility index (Phi) is 7.03. The van der Waals surface area contributed by atoms with E-state index in [4.69, 9.17) is 14.2 Å². The number of esters is 1. The molecule has 2 N–H and O–H groups in total. The lowest BCUT2D eigenvalue weighted by atomic mass is 9.93. The van der Waals surface area contributed by atoms with Gasteiger partial charge in [0.15, 0.2) is 18.1 Å². The van der Waals surface area contributed by atoms with Crippen LogP contribution in [0.15, 0.2) is 18.2 Å². The summed E-state index contributed by atoms with van der Waals surface area (Å²) in [5.41, 5.74) is -0.573. The summed E-state index contributed by atoms with van der Waals surface area (Å²) in [6, 6.07) is 4.13. The highest BCUT2D eigenvalue weighted by Gasteiger charge is 2.49. The van der Waals surface area contributed by atoms with E-state index in [0.29, 0.717) is 30.0 Å². The van der Waals surface area contributed by atoms with Crippen LogP contribution in [0, 0.1) is 0 Å². The van der Waals surface area contributed by atoms with Crippen molar-refractivity contribution >= 4 is 29.5 Å². The standard InChI is InChI=1S/C19H25N3O7/c1-5-19(6-2)17(25)22(18(26)21-19)10-16(24)29-11-15(23)20-12-7-8-13(27-3)14(9-12)28-4/h7-9H,5-6,10-11H2,1-4H3,(H,20,23)(H,21,26). The number of hydrogen-bond donors (Lipinski definition) is 2. The first-order chi connectivity index (χ1) is 13.8. The molecule has 1 aliphatic heterocycles. The third-order valence-electron chi connectivity index (χ3n) is 4.77. The fourth-order valence-corrected chi connectivity index (χ4v) is 2.98. The minimum atomic E-state index is -0.998. The summed E-state index contributed by atoms with van der Waals surface area (Å²) in [7, 11) is 2.96. The molecule has 10 nitrogen and oxygen atoms in total. The van der Waals surface area contributed by atoms with Gasteiger partial charge in [0, 0.05) is 11.8 Å². The number of rotatable bonds is 9. The molecule has 29 heavy (non-hydrogen) atoms. The molecule has 1 aromatic rings. The van der Waals surface area contributed by atoms with Crippen LogP contribution < -0.4 is 20.1 Å². The maximum atomic E-state index is 12.5. The lowest BCUT2D eigenvalue weighted by molar-refractivity contribution is -0.150. The van der Waals surface area contributed by atoms with E-state index in [0.717, 1.165) is 4.90 Å². The second kappa shape index (κ2) is 9.26. The Morgan fingerprint density at radius 3 is 2.31 bits per heavy atom. The maximum Gasteiger partial charge on any atom is 0.326 e. The molecule has 0 radical (unpaired) electrons. The molecule has 0 bridgehead atoms. The molecule has 10 heteroatoms. The van der Waals surface area contributed by atoms with E-state index >= 15 is 0 Å². The van der Waals surface area contributed by atoms with Crippen molar-refractivity contribution in [1.29, 1.82) is 0 Å². The Balaban J connectivity index is 1.89. The molecule has 0 aromatic heterocycles. The summed E-state index contributed by atoms with van der Waals surface area (Å²) in [6.07, 6.45) is 0.820. The van der Waals surface area contributed by atoms with Gasteiger partial charge in [0.05, 0.1) is 14.2 Å². The Hall–Kier alpha value is -3.30. The Morgan fingerprint density at radius 1 is 1.10 bits per heavy atom. The van der Waals surface area contributed by atoms with Gasteiger partial charge in [-0.05, 0) is 25.0 Å². The second-order valence-electron chi connectivity index (χ2n) is 6.39. The van der Waals surface area contributed by atoms with Crippen LogP contribution >= 0.6 is 0 Å². The van der Waals surface area contributed by atoms with Crippen LogP contribution in [-0.2, 0) is 19.1 Å². The van der Waals surface area contributed by atoms with Crippen molar-refractivity contribution in [2.24, 2.45) is 0 Å². The zero-order chi connectivity index (χ0) is 21.6. The van der Waals surface area contributed by atoms with E-state index in [1.54, 1.807) is 32.0 Å². The summed E-state index contributed by atoms with van der Waals surface area (Å²) in [6.45, 7) is 2.43. The van der Waals surface area contributed by atoms with E-state index in [1.165, 1.54) is 14.2 Å². The molecule has 1 saturated heterocycles. The highest BCUT2D eigenvalue weighted by atomic mass is 16.5. The Morgan fingerprint density at radius 2 is 1.76 bits per heavy atom. The molecule has 0 spiro atoms. The molecule has 4 amide bonds. The number of benzene rings is 1. The van der Waals surface area contributed by atoms with E-state index in [9.17, 15) is 19.2 Å². The monoisotopic (exact) mass is 407 g/mol. The van der Waals surface area contributed by atoms with Crippen LogP contribution in [0.25, 0.3) is 0 Å². The lowest BCUT2D eigenvalue weighted by Crippen LogP contribution is -2.46. The van der Waals surface area contributed by atoms with Crippen molar-refractivity contribution in [3.05, 3.63) is 18.2 Å². The Bertz CT molecular complexity index is 805. The first-order valence-electron chi connectivity index (χ1n) is 9.11. The maximum absolute atomic E-state index is 12.5. The molecule has 0 aliphatic carbocycles. The number of carbonyl (C=O) groups excluding carboxylic acids is 4. The summed E-state index contributed by atoms with van der Waals surface area (Å²) < 4.78 is 15.2. The van der Waals surface area contributed by atoms with Crippen molar-refractivity contribution in [2.75, 3.05) is 32.7 Å². The molecule has 1 heterocycles. The van der Waals surface area contributed by atoms with Gasteiger partial charge in [-0.15, -0.1) is 0 Å². The summed E-state index contributed by atoms with van der Waals surface area (Å²) in [5, 5.41) is 5.17. The van der Waals surface area contributed by atoms with Gasteiger partial charge in [-0.3, -0.25) is 19.3 Å². The first-order valence-corrected chi connectivity index (χ1v) is 9.11. The number of nitrogens with one attached hydrogen (secondary N) is 2. The minimum absolute atomic E-state index is 0.410. The average Bonchev–Trinajstić information content (AvgIpc) is 2.96. The van der Waals surface area contributed by atoms with E-state index in [2.05, 4.69) is 10.6 Å². The topological polar surface area (TPSA) is 123 Å². The quantitative estimate of drug-likeness (QED) is 0.467.